The maximum absolute atomic E-state index is 9.07. The lowest BCUT2D eigenvalue weighted by Gasteiger charge is -2.19. The van der Waals surface area contributed by atoms with Crippen molar-refractivity contribution in [3.63, 3.8) is 0 Å². The van der Waals surface area contributed by atoms with Gasteiger partial charge in [0.1, 0.15) is 0 Å². The Hall–Kier alpha value is -1.72. The molecule has 0 saturated heterocycles. The quantitative estimate of drug-likeness (QED) is 0.785. The Morgan fingerprint density at radius 1 is 1.45 bits per heavy atom. The Labute approximate surface area is 119 Å². The number of nitrogens with zero attached hydrogens (tertiary/aromatic N) is 4. The van der Waals surface area contributed by atoms with Crippen LogP contribution >= 0.6 is 0 Å². The lowest BCUT2D eigenvalue weighted by molar-refractivity contribution is 0.203. The van der Waals surface area contributed by atoms with Crippen molar-refractivity contribution in [3.05, 3.63) is 36.7 Å². The summed E-state index contributed by atoms with van der Waals surface area (Å²) in [4.78, 5) is 6.65. The third-order valence-electron chi connectivity index (χ3n) is 3.19. The van der Waals surface area contributed by atoms with Gasteiger partial charge < -0.3 is 5.11 Å². The van der Waals surface area contributed by atoms with Crippen molar-refractivity contribution in [2.24, 2.45) is 0 Å². The molecule has 0 atom stereocenters. The zero-order valence-electron chi connectivity index (χ0n) is 12.2. The number of rotatable bonds is 7. The molecule has 20 heavy (non-hydrogen) atoms. The van der Waals surface area contributed by atoms with E-state index in [0.29, 0.717) is 12.6 Å². The summed E-state index contributed by atoms with van der Waals surface area (Å²) in [6, 6.07) is 2.42. The van der Waals surface area contributed by atoms with Gasteiger partial charge in [-0.15, -0.1) is 6.58 Å². The van der Waals surface area contributed by atoms with E-state index in [4.69, 9.17) is 5.11 Å². The third kappa shape index (κ3) is 3.23. The molecule has 5 nitrogen and oxygen atoms in total. The van der Waals surface area contributed by atoms with E-state index in [0.717, 1.165) is 29.7 Å². The maximum atomic E-state index is 9.07. The number of hydrogen-bond donors (Lipinski definition) is 1. The summed E-state index contributed by atoms with van der Waals surface area (Å²) in [6.07, 6.45) is 5.59. The molecule has 0 bridgehead atoms. The van der Waals surface area contributed by atoms with Crippen LogP contribution in [0.15, 0.2) is 31.1 Å². The fourth-order valence-electron chi connectivity index (χ4n) is 2.27. The van der Waals surface area contributed by atoms with E-state index < -0.39 is 0 Å². The minimum atomic E-state index is 0.148. The average molecular weight is 274 g/mol. The lowest BCUT2D eigenvalue weighted by atomic mass is 10.2. The van der Waals surface area contributed by atoms with Gasteiger partial charge >= 0.3 is 0 Å². The molecule has 0 saturated carbocycles. The summed E-state index contributed by atoms with van der Waals surface area (Å²) in [7, 11) is 0. The van der Waals surface area contributed by atoms with Crippen molar-refractivity contribution in [1.82, 2.24) is 19.7 Å². The number of aromatic nitrogens is 3. The molecular weight excluding hydrogens is 252 g/mol. The molecular formula is C15H22N4O. The molecule has 1 N–H and O–H groups in total. The van der Waals surface area contributed by atoms with Gasteiger partial charge in [0.2, 0.25) is 0 Å². The molecule has 0 unspecified atom stereocenters. The maximum Gasteiger partial charge on any atom is 0.157 e. The highest BCUT2D eigenvalue weighted by Gasteiger charge is 2.09. The Balaban J connectivity index is 2.21. The Kier molecular flexibility index (Phi) is 4.87. The van der Waals surface area contributed by atoms with E-state index in [2.05, 4.69) is 41.5 Å². The number of aliphatic hydroxyl groups is 1. The fourth-order valence-corrected chi connectivity index (χ4v) is 2.27. The largest absolute Gasteiger partial charge is 0.395 e. The SMILES string of the molecule is C=CCN(CCO)Cc1cnc2c(cnn2C(C)C)c1. The second-order valence-corrected chi connectivity index (χ2v) is 5.19. The highest BCUT2D eigenvalue weighted by molar-refractivity contribution is 5.75. The van der Waals surface area contributed by atoms with Crippen LogP contribution in [0, 0.1) is 0 Å². The van der Waals surface area contributed by atoms with Crippen molar-refractivity contribution in [2.45, 2.75) is 26.4 Å². The van der Waals surface area contributed by atoms with Crippen molar-refractivity contribution in [3.8, 4) is 0 Å². The van der Waals surface area contributed by atoms with Crippen LogP contribution in [0.2, 0.25) is 0 Å². The standard InChI is InChI=1S/C15H22N4O/c1-4-5-18(6-7-20)11-13-8-14-10-17-19(12(2)3)15(14)16-9-13/h4,8-10,12,20H,1,5-7,11H2,2-3H3. The Morgan fingerprint density at radius 2 is 2.25 bits per heavy atom. The van der Waals surface area contributed by atoms with Crippen LogP contribution in [-0.2, 0) is 6.54 Å². The van der Waals surface area contributed by atoms with E-state index in [-0.39, 0.29) is 6.61 Å². The summed E-state index contributed by atoms with van der Waals surface area (Å²) < 4.78 is 1.92. The van der Waals surface area contributed by atoms with Crippen LogP contribution in [-0.4, -0.2) is 44.5 Å². The molecule has 2 aromatic rings. The van der Waals surface area contributed by atoms with Crippen LogP contribution < -0.4 is 0 Å². The predicted molar refractivity (Wildman–Crippen MR) is 80.5 cm³/mol. The summed E-state index contributed by atoms with van der Waals surface area (Å²) in [5.74, 6) is 0. The number of fused-ring (bicyclic) bond motifs is 1. The predicted octanol–water partition coefficient (Wildman–Crippen LogP) is 1.99. The van der Waals surface area contributed by atoms with Gasteiger partial charge in [-0.05, 0) is 25.5 Å². The molecule has 0 aliphatic heterocycles. The van der Waals surface area contributed by atoms with E-state index in [1.807, 2.05) is 23.2 Å². The van der Waals surface area contributed by atoms with Gasteiger partial charge in [0, 0.05) is 37.3 Å². The molecule has 0 aromatic carbocycles. The van der Waals surface area contributed by atoms with Crippen LogP contribution in [0.3, 0.4) is 0 Å². The van der Waals surface area contributed by atoms with Crippen molar-refractivity contribution in [2.75, 3.05) is 19.7 Å². The zero-order chi connectivity index (χ0) is 14.5. The Morgan fingerprint density at radius 3 is 2.90 bits per heavy atom. The first kappa shape index (κ1) is 14.7. The smallest absolute Gasteiger partial charge is 0.157 e. The first-order valence-electron chi connectivity index (χ1n) is 6.92. The molecule has 2 heterocycles. The number of hydrogen-bond acceptors (Lipinski definition) is 4. The van der Waals surface area contributed by atoms with Gasteiger partial charge in [0.05, 0.1) is 12.8 Å². The van der Waals surface area contributed by atoms with E-state index in [1.54, 1.807) is 0 Å². The fraction of sp³-hybridized carbons (Fsp3) is 0.467. The van der Waals surface area contributed by atoms with Crippen molar-refractivity contribution >= 4 is 11.0 Å². The van der Waals surface area contributed by atoms with Gasteiger partial charge in [-0.3, -0.25) is 4.90 Å². The molecule has 0 amide bonds. The highest BCUT2D eigenvalue weighted by Crippen LogP contribution is 2.17. The molecule has 108 valence electrons. The molecule has 0 aliphatic rings. The lowest BCUT2D eigenvalue weighted by Crippen LogP contribution is -2.26. The molecule has 2 aromatic heterocycles. The van der Waals surface area contributed by atoms with Crippen molar-refractivity contribution < 1.29 is 5.11 Å². The van der Waals surface area contributed by atoms with E-state index in [1.165, 1.54) is 0 Å². The third-order valence-corrected chi connectivity index (χ3v) is 3.19. The van der Waals surface area contributed by atoms with Gasteiger partial charge in [-0.1, -0.05) is 6.08 Å². The van der Waals surface area contributed by atoms with E-state index in [9.17, 15) is 0 Å². The van der Waals surface area contributed by atoms with Crippen LogP contribution in [0.4, 0.5) is 0 Å². The topological polar surface area (TPSA) is 54.2 Å². The molecule has 5 heteroatoms. The molecule has 0 radical (unpaired) electrons. The minimum absolute atomic E-state index is 0.148. The molecule has 0 spiro atoms. The molecule has 0 fully saturated rings. The highest BCUT2D eigenvalue weighted by atomic mass is 16.3. The van der Waals surface area contributed by atoms with E-state index >= 15 is 0 Å². The monoisotopic (exact) mass is 274 g/mol. The van der Waals surface area contributed by atoms with Crippen LogP contribution in [0.25, 0.3) is 11.0 Å². The molecule has 2 rings (SSSR count). The average Bonchev–Trinajstić information content (AvgIpc) is 2.82. The first-order chi connectivity index (χ1) is 9.65. The normalized spacial score (nSPS) is 11.7. The van der Waals surface area contributed by atoms with Crippen LogP contribution in [0.5, 0.6) is 0 Å². The van der Waals surface area contributed by atoms with Crippen molar-refractivity contribution in [1.29, 1.82) is 0 Å². The number of aliphatic hydroxyl groups excluding tert-OH is 1. The van der Waals surface area contributed by atoms with Gasteiger partial charge in [-0.25, -0.2) is 9.67 Å². The second kappa shape index (κ2) is 6.63. The van der Waals surface area contributed by atoms with Crippen LogP contribution in [0.1, 0.15) is 25.5 Å². The van der Waals surface area contributed by atoms with Gasteiger partial charge in [-0.2, -0.15) is 5.10 Å². The first-order valence-corrected chi connectivity index (χ1v) is 6.92. The molecule has 0 aliphatic carbocycles. The second-order valence-electron chi connectivity index (χ2n) is 5.19. The Bertz CT molecular complexity index is 576. The summed E-state index contributed by atoms with van der Waals surface area (Å²) in [6.45, 7) is 10.2. The summed E-state index contributed by atoms with van der Waals surface area (Å²) >= 11 is 0. The van der Waals surface area contributed by atoms with Gasteiger partial charge in [0.15, 0.2) is 5.65 Å². The van der Waals surface area contributed by atoms with Gasteiger partial charge in [0.25, 0.3) is 0 Å². The zero-order valence-corrected chi connectivity index (χ0v) is 12.2. The summed E-state index contributed by atoms with van der Waals surface area (Å²) in [5, 5.41) is 14.5. The minimum Gasteiger partial charge on any atom is -0.395 e. The summed E-state index contributed by atoms with van der Waals surface area (Å²) in [5.41, 5.74) is 2.04. The number of pyridine rings is 1.